The lowest BCUT2D eigenvalue weighted by molar-refractivity contribution is -0.139. The van der Waals surface area contributed by atoms with Crippen molar-refractivity contribution in [3.05, 3.63) is 93.5 Å². The van der Waals surface area contributed by atoms with Gasteiger partial charge in [0.25, 0.3) is 10.0 Å². The standard InChI is InChI=1S/C31H38BrN3O4S/c1-21(2)18-33-31(37)25(6)34(19-26-8-7-9-27(32)17-26)30(36)20-35(29-15-12-23(4)16-24(29)5)40(38,39)28-13-10-22(3)11-14-28/h7-17,21,25H,18-20H2,1-6H3,(H,33,37)/t25-/m1/s1. The summed E-state index contributed by atoms with van der Waals surface area (Å²) in [6, 6.07) is 18.7. The Bertz CT molecular complexity index is 1460. The summed E-state index contributed by atoms with van der Waals surface area (Å²) in [5.41, 5.74) is 3.86. The fourth-order valence-electron chi connectivity index (χ4n) is 4.30. The Hall–Kier alpha value is -3.17. The van der Waals surface area contributed by atoms with Gasteiger partial charge in [-0.05, 0) is 75.1 Å². The Morgan fingerprint density at radius 2 is 1.55 bits per heavy atom. The molecule has 7 nitrogen and oxygen atoms in total. The predicted octanol–water partition coefficient (Wildman–Crippen LogP) is 5.76. The topological polar surface area (TPSA) is 86.8 Å². The van der Waals surface area contributed by atoms with Crippen LogP contribution in [0.1, 0.15) is 43.0 Å². The zero-order chi connectivity index (χ0) is 29.6. The minimum atomic E-state index is -4.10. The minimum absolute atomic E-state index is 0.0899. The van der Waals surface area contributed by atoms with Crippen molar-refractivity contribution in [3.63, 3.8) is 0 Å². The maximum Gasteiger partial charge on any atom is 0.264 e. The molecule has 0 saturated carbocycles. The number of carbonyl (C=O) groups excluding carboxylic acids is 2. The highest BCUT2D eigenvalue weighted by Gasteiger charge is 2.33. The van der Waals surface area contributed by atoms with Crippen molar-refractivity contribution in [2.45, 2.75) is 59.0 Å². The third-order valence-electron chi connectivity index (χ3n) is 6.60. The second kappa shape index (κ2) is 13.5. The maximum absolute atomic E-state index is 14.0. The van der Waals surface area contributed by atoms with Crippen LogP contribution in [-0.4, -0.2) is 44.3 Å². The van der Waals surface area contributed by atoms with Gasteiger partial charge in [-0.3, -0.25) is 13.9 Å². The molecule has 3 rings (SSSR count). The van der Waals surface area contributed by atoms with E-state index < -0.39 is 28.5 Å². The van der Waals surface area contributed by atoms with Crippen molar-refractivity contribution in [2.75, 3.05) is 17.4 Å². The molecule has 0 aliphatic carbocycles. The molecule has 1 N–H and O–H groups in total. The van der Waals surface area contributed by atoms with Crippen LogP contribution in [0.15, 0.2) is 76.1 Å². The van der Waals surface area contributed by atoms with Crippen LogP contribution in [0.25, 0.3) is 0 Å². The lowest BCUT2D eigenvalue weighted by Crippen LogP contribution is -2.51. The van der Waals surface area contributed by atoms with Crippen LogP contribution in [-0.2, 0) is 26.2 Å². The zero-order valence-electron chi connectivity index (χ0n) is 23.9. The number of rotatable bonds is 11. The van der Waals surface area contributed by atoms with Crippen LogP contribution in [0.4, 0.5) is 5.69 Å². The van der Waals surface area contributed by atoms with E-state index in [2.05, 4.69) is 21.2 Å². The van der Waals surface area contributed by atoms with Crippen LogP contribution in [0.3, 0.4) is 0 Å². The van der Waals surface area contributed by atoms with Gasteiger partial charge < -0.3 is 10.2 Å². The number of halogens is 1. The largest absolute Gasteiger partial charge is 0.354 e. The summed E-state index contributed by atoms with van der Waals surface area (Å²) in [5.74, 6) is -0.538. The summed E-state index contributed by atoms with van der Waals surface area (Å²) < 4.78 is 30.0. The number of amides is 2. The summed E-state index contributed by atoms with van der Waals surface area (Å²) in [6.45, 7) is 11.4. The first-order chi connectivity index (χ1) is 18.8. The molecule has 0 saturated heterocycles. The van der Waals surface area contributed by atoms with E-state index in [9.17, 15) is 18.0 Å². The molecule has 0 aromatic heterocycles. The van der Waals surface area contributed by atoms with Gasteiger partial charge in [-0.25, -0.2) is 8.42 Å². The van der Waals surface area contributed by atoms with E-state index in [0.717, 1.165) is 31.0 Å². The molecule has 2 amide bonds. The molecule has 1 atom stereocenters. The third kappa shape index (κ3) is 7.95. The van der Waals surface area contributed by atoms with Gasteiger partial charge in [-0.1, -0.05) is 77.3 Å². The second-order valence-electron chi connectivity index (χ2n) is 10.6. The first kappa shape index (κ1) is 31.4. The SMILES string of the molecule is Cc1ccc(S(=O)(=O)N(CC(=O)N(Cc2cccc(Br)c2)[C@H](C)C(=O)NCC(C)C)c2ccc(C)cc2C)cc1. The van der Waals surface area contributed by atoms with Gasteiger partial charge in [0.1, 0.15) is 12.6 Å². The van der Waals surface area contributed by atoms with E-state index in [0.29, 0.717) is 12.2 Å². The highest BCUT2D eigenvalue weighted by Crippen LogP contribution is 2.28. The van der Waals surface area contributed by atoms with Gasteiger partial charge in [-0.2, -0.15) is 0 Å². The van der Waals surface area contributed by atoms with Crippen LogP contribution in [0.5, 0.6) is 0 Å². The smallest absolute Gasteiger partial charge is 0.264 e. The Morgan fingerprint density at radius 3 is 2.15 bits per heavy atom. The van der Waals surface area contributed by atoms with Crippen LogP contribution in [0.2, 0.25) is 0 Å². The summed E-state index contributed by atoms with van der Waals surface area (Å²) in [6.07, 6.45) is 0. The summed E-state index contributed by atoms with van der Waals surface area (Å²) in [4.78, 5) is 28.7. The Labute approximate surface area is 246 Å². The van der Waals surface area contributed by atoms with Gasteiger partial charge in [0.2, 0.25) is 11.8 Å². The predicted molar refractivity (Wildman–Crippen MR) is 164 cm³/mol. The van der Waals surface area contributed by atoms with Crippen LogP contribution < -0.4 is 9.62 Å². The average Bonchev–Trinajstić information content (AvgIpc) is 2.89. The number of anilines is 1. The molecule has 214 valence electrons. The highest BCUT2D eigenvalue weighted by atomic mass is 79.9. The van der Waals surface area contributed by atoms with E-state index in [1.54, 1.807) is 37.3 Å². The molecular formula is C31H38BrN3O4S. The third-order valence-corrected chi connectivity index (χ3v) is 8.87. The fraction of sp³-hybridized carbons (Fsp3) is 0.355. The van der Waals surface area contributed by atoms with E-state index in [4.69, 9.17) is 0 Å². The Kier molecular flexibility index (Phi) is 10.6. The second-order valence-corrected chi connectivity index (χ2v) is 13.4. The normalized spacial score (nSPS) is 12.2. The number of hydrogen-bond donors (Lipinski definition) is 1. The molecule has 3 aromatic rings. The number of benzene rings is 3. The molecule has 9 heteroatoms. The van der Waals surface area contributed by atoms with Crippen LogP contribution >= 0.6 is 15.9 Å². The zero-order valence-corrected chi connectivity index (χ0v) is 26.3. The Balaban J connectivity index is 2.05. The van der Waals surface area contributed by atoms with Crippen molar-refractivity contribution in [3.8, 4) is 0 Å². The molecule has 40 heavy (non-hydrogen) atoms. The maximum atomic E-state index is 14.0. The Morgan fingerprint density at radius 1 is 0.900 bits per heavy atom. The quantitative estimate of drug-likeness (QED) is 0.293. The molecule has 0 bridgehead atoms. The minimum Gasteiger partial charge on any atom is -0.354 e. The molecule has 0 heterocycles. The number of nitrogens with zero attached hydrogens (tertiary/aromatic N) is 2. The lowest BCUT2D eigenvalue weighted by atomic mass is 10.1. The summed E-state index contributed by atoms with van der Waals surface area (Å²) in [7, 11) is -4.10. The molecule has 0 unspecified atom stereocenters. The number of sulfonamides is 1. The number of carbonyl (C=O) groups is 2. The molecule has 0 spiro atoms. The van der Waals surface area contributed by atoms with Crippen molar-refractivity contribution >= 4 is 43.5 Å². The van der Waals surface area contributed by atoms with E-state index in [-0.39, 0.29) is 23.3 Å². The highest BCUT2D eigenvalue weighted by molar-refractivity contribution is 9.10. The molecule has 3 aromatic carbocycles. The lowest BCUT2D eigenvalue weighted by Gasteiger charge is -2.32. The first-order valence-electron chi connectivity index (χ1n) is 13.3. The molecule has 0 aliphatic heterocycles. The number of aryl methyl sites for hydroxylation is 3. The van der Waals surface area contributed by atoms with Crippen molar-refractivity contribution in [1.29, 1.82) is 0 Å². The van der Waals surface area contributed by atoms with E-state index >= 15 is 0 Å². The summed E-state index contributed by atoms with van der Waals surface area (Å²) in [5, 5.41) is 2.90. The van der Waals surface area contributed by atoms with Gasteiger partial charge in [0.15, 0.2) is 0 Å². The van der Waals surface area contributed by atoms with Gasteiger partial charge in [0, 0.05) is 17.6 Å². The van der Waals surface area contributed by atoms with E-state index in [1.807, 2.05) is 71.0 Å². The molecular weight excluding hydrogens is 590 g/mol. The molecule has 0 fully saturated rings. The van der Waals surface area contributed by atoms with Gasteiger partial charge in [0.05, 0.1) is 10.6 Å². The molecule has 0 aliphatic rings. The van der Waals surface area contributed by atoms with Gasteiger partial charge >= 0.3 is 0 Å². The molecule has 0 radical (unpaired) electrons. The summed E-state index contributed by atoms with van der Waals surface area (Å²) >= 11 is 3.47. The van der Waals surface area contributed by atoms with Crippen molar-refractivity contribution in [2.24, 2.45) is 5.92 Å². The average molecular weight is 629 g/mol. The van der Waals surface area contributed by atoms with Gasteiger partial charge in [-0.15, -0.1) is 0 Å². The van der Waals surface area contributed by atoms with E-state index in [1.165, 1.54) is 4.90 Å². The van der Waals surface area contributed by atoms with Crippen molar-refractivity contribution in [1.82, 2.24) is 10.2 Å². The first-order valence-corrected chi connectivity index (χ1v) is 15.5. The number of hydrogen-bond acceptors (Lipinski definition) is 4. The number of nitrogens with one attached hydrogen (secondary N) is 1. The monoisotopic (exact) mass is 627 g/mol. The fourth-order valence-corrected chi connectivity index (χ4v) is 6.23. The van der Waals surface area contributed by atoms with Crippen molar-refractivity contribution < 1.29 is 18.0 Å². The van der Waals surface area contributed by atoms with Crippen LogP contribution in [0, 0.1) is 26.7 Å².